The lowest BCUT2D eigenvalue weighted by Crippen LogP contribution is -2.40. The Morgan fingerprint density at radius 2 is 1.94 bits per heavy atom. The van der Waals surface area contributed by atoms with Crippen molar-refractivity contribution in [3.63, 3.8) is 0 Å². The highest BCUT2D eigenvalue weighted by atomic mass is 32.2. The normalized spacial score (nSPS) is 15.0. The fourth-order valence-corrected chi connectivity index (χ4v) is 5.67. The number of H-pyrrole nitrogens is 1. The number of nitrogens with zero attached hydrogens (tertiary/aromatic N) is 1. The van der Waals surface area contributed by atoms with E-state index in [0.29, 0.717) is 30.2 Å². The Morgan fingerprint density at radius 3 is 2.61 bits per heavy atom. The third kappa shape index (κ3) is 4.47. The van der Waals surface area contributed by atoms with E-state index in [1.54, 1.807) is 25.1 Å². The van der Waals surface area contributed by atoms with Crippen LogP contribution in [-0.4, -0.2) is 49.9 Å². The molecule has 1 aliphatic heterocycles. The molecule has 0 spiro atoms. The topological polar surface area (TPSA) is 109 Å². The lowest BCUT2D eigenvalue weighted by atomic mass is 10.2. The molecule has 4 rings (SSSR count). The molecule has 0 atom stereocenters. The summed E-state index contributed by atoms with van der Waals surface area (Å²) in [5.41, 5.74) is 0.924. The van der Waals surface area contributed by atoms with E-state index in [0.717, 1.165) is 4.88 Å². The van der Waals surface area contributed by atoms with Gasteiger partial charge in [-0.25, -0.2) is 8.42 Å². The minimum absolute atomic E-state index is 0.0570. The number of rotatable bonds is 5. The number of thiophene rings is 1. The maximum absolute atomic E-state index is 13.0. The van der Waals surface area contributed by atoms with Gasteiger partial charge in [-0.3, -0.25) is 9.59 Å². The summed E-state index contributed by atoms with van der Waals surface area (Å²) in [4.78, 5) is 28.8. The monoisotopic (exact) mass is 459 g/mol. The summed E-state index contributed by atoms with van der Waals surface area (Å²) in [6.45, 7) is 2.96. The van der Waals surface area contributed by atoms with Crippen LogP contribution in [0.5, 0.6) is 0 Å². The second-order valence-corrected chi connectivity index (χ2v) is 9.90. The van der Waals surface area contributed by atoms with Crippen LogP contribution in [0.4, 0.5) is 5.69 Å². The van der Waals surface area contributed by atoms with Crippen LogP contribution in [0.1, 0.15) is 15.9 Å². The lowest BCUT2D eigenvalue weighted by Gasteiger charge is -2.26. The Morgan fingerprint density at radius 1 is 1.16 bits per heavy atom. The van der Waals surface area contributed by atoms with E-state index in [9.17, 15) is 18.0 Å². The highest BCUT2D eigenvalue weighted by Gasteiger charge is 2.28. The fourth-order valence-electron chi connectivity index (χ4n) is 3.31. The first-order chi connectivity index (χ1) is 14.9. The molecular weight excluding hydrogens is 438 g/mol. The zero-order valence-corrected chi connectivity index (χ0v) is 18.4. The number of benzene rings is 1. The van der Waals surface area contributed by atoms with Crippen molar-refractivity contribution in [3.8, 4) is 10.6 Å². The Kier molecular flexibility index (Phi) is 6.05. The number of pyridine rings is 1. The summed E-state index contributed by atoms with van der Waals surface area (Å²) in [5, 5.41) is 4.53. The first kappa shape index (κ1) is 21.4. The fraction of sp³-hybridized carbons (Fsp3) is 0.238. The van der Waals surface area contributed by atoms with Gasteiger partial charge in [0.05, 0.1) is 28.7 Å². The van der Waals surface area contributed by atoms with Gasteiger partial charge in [0, 0.05) is 18.8 Å². The van der Waals surface area contributed by atoms with E-state index in [2.05, 4.69) is 10.3 Å². The SMILES string of the molecule is Cc1ccc(NC(=O)c2ccc(-c3cccs3)[nH]c2=O)cc1S(=O)(=O)N1CCOCC1. The highest BCUT2D eigenvalue weighted by Crippen LogP contribution is 2.25. The van der Waals surface area contributed by atoms with Crippen LogP contribution < -0.4 is 10.9 Å². The minimum atomic E-state index is -3.72. The molecule has 162 valence electrons. The number of aromatic amines is 1. The molecule has 1 amide bonds. The number of amides is 1. The van der Waals surface area contributed by atoms with E-state index < -0.39 is 21.5 Å². The molecule has 2 aromatic heterocycles. The minimum Gasteiger partial charge on any atom is -0.379 e. The Hall–Kier alpha value is -2.79. The zero-order valence-electron chi connectivity index (χ0n) is 16.8. The van der Waals surface area contributed by atoms with Gasteiger partial charge >= 0.3 is 0 Å². The molecule has 10 heteroatoms. The number of aromatic nitrogens is 1. The molecule has 0 saturated carbocycles. The average molecular weight is 460 g/mol. The van der Waals surface area contributed by atoms with Crippen molar-refractivity contribution in [3.05, 3.63) is 69.3 Å². The third-order valence-electron chi connectivity index (χ3n) is 4.97. The van der Waals surface area contributed by atoms with Crippen molar-refractivity contribution in [1.82, 2.24) is 9.29 Å². The number of carbonyl (C=O) groups is 1. The molecule has 0 radical (unpaired) electrons. The summed E-state index contributed by atoms with van der Waals surface area (Å²) in [6, 6.07) is 11.5. The van der Waals surface area contributed by atoms with Gasteiger partial charge in [0.25, 0.3) is 11.5 Å². The third-order valence-corrected chi connectivity index (χ3v) is 7.92. The molecular formula is C21H21N3O5S2. The largest absolute Gasteiger partial charge is 0.379 e. The van der Waals surface area contributed by atoms with Gasteiger partial charge in [-0.05, 0) is 48.2 Å². The predicted octanol–water partition coefficient (Wildman–Crippen LogP) is 2.69. The second kappa shape index (κ2) is 8.75. The molecule has 0 aliphatic carbocycles. The summed E-state index contributed by atoms with van der Waals surface area (Å²) >= 11 is 1.48. The molecule has 1 aliphatic rings. The quantitative estimate of drug-likeness (QED) is 0.610. The molecule has 3 aromatic rings. The molecule has 0 bridgehead atoms. The number of hydrogen-bond donors (Lipinski definition) is 2. The van der Waals surface area contributed by atoms with Crippen LogP contribution in [0.25, 0.3) is 10.6 Å². The van der Waals surface area contributed by atoms with Gasteiger partial charge in [-0.2, -0.15) is 4.31 Å². The van der Waals surface area contributed by atoms with Crippen LogP contribution in [0.15, 0.2) is 57.5 Å². The van der Waals surface area contributed by atoms with E-state index in [1.165, 1.54) is 27.8 Å². The summed E-state index contributed by atoms with van der Waals surface area (Å²) in [5.74, 6) is -0.613. The van der Waals surface area contributed by atoms with Crippen molar-refractivity contribution in [2.24, 2.45) is 0 Å². The van der Waals surface area contributed by atoms with Gasteiger partial charge in [0.2, 0.25) is 10.0 Å². The van der Waals surface area contributed by atoms with Gasteiger partial charge in [-0.15, -0.1) is 11.3 Å². The van der Waals surface area contributed by atoms with E-state index in [-0.39, 0.29) is 23.5 Å². The summed E-state index contributed by atoms with van der Waals surface area (Å²) in [7, 11) is -3.72. The molecule has 3 heterocycles. The lowest BCUT2D eigenvalue weighted by molar-refractivity contribution is 0.0730. The molecule has 1 fully saturated rings. The average Bonchev–Trinajstić information content (AvgIpc) is 3.30. The van der Waals surface area contributed by atoms with E-state index in [4.69, 9.17) is 4.74 Å². The maximum atomic E-state index is 13.0. The smallest absolute Gasteiger partial charge is 0.261 e. The number of hydrogen-bond acceptors (Lipinski definition) is 6. The standard InChI is InChI=1S/C21H21N3O5S2/c1-14-4-5-15(13-19(14)31(27,28)24-8-10-29-11-9-24)22-20(25)16-6-7-17(23-21(16)26)18-3-2-12-30-18/h2-7,12-13H,8-11H2,1H3,(H,22,25)(H,23,26). The number of ether oxygens (including phenoxy) is 1. The Balaban J connectivity index is 1.58. The summed E-state index contributed by atoms with van der Waals surface area (Å²) in [6.07, 6.45) is 0. The zero-order chi connectivity index (χ0) is 22.0. The number of nitrogens with one attached hydrogen (secondary N) is 2. The maximum Gasteiger partial charge on any atom is 0.261 e. The summed E-state index contributed by atoms with van der Waals surface area (Å²) < 4.78 is 32.7. The van der Waals surface area contributed by atoms with Crippen molar-refractivity contribution in [2.45, 2.75) is 11.8 Å². The van der Waals surface area contributed by atoms with Crippen LogP contribution in [0.2, 0.25) is 0 Å². The highest BCUT2D eigenvalue weighted by molar-refractivity contribution is 7.89. The second-order valence-electron chi connectivity index (χ2n) is 7.04. The Labute approximate surface area is 183 Å². The van der Waals surface area contributed by atoms with Gasteiger partial charge in [0.1, 0.15) is 5.56 Å². The number of carbonyl (C=O) groups excluding carboxylic acids is 1. The van der Waals surface area contributed by atoms with Gasteiger partial charge < -0.3 is 15.0 Å². The number of sulfonamides is 1. The van der Waals surface area contributed by atoms with Gasteiger partial charge in [-0.1, -0.05) is 12.1 Å². The van der Waals surface area contributed by atoms with Gasteiger partial charge in [0.15, 0.2) is 0 Å². The molecule has 2 N–H and O–H groups in total. The molecule has 1 saturated heterocycles. The van der Waals surface area contributed by atoms with Crippen molar-refractivity contribution >= 4 is 33.0 Å². The van der Waals surface area contributed by atoms with E-state index >= 15 is 0 Å². The number of anilines is 1. The van der Waals surface area contributed by atoms with Crippen LogP contribution in [-0.2, 0) is 14.8 Å². The Bertz CT molecular complexity index is 1260. The molecule has 8 nitrogen and oxygen atoms in total. The number of aryl methyl sites for hydroxylation is 1. The van der Waals surface area contributed by atoms with Crippen molar-refractivity contribution in [2.75, 3.05) is 31.6 Å². The van der Waals surface area contributed by atoms with Crippen LogP contribution in [0, 0.1) is 6.92 Å². The first-order valence-corrected chi connectivity index (χ1v) is 12.0. The molecule has 1 aromatic carbocycles. The predicted molar refractivity (Wildman–Crippen MR) is 119 cm³/mol. The van der Waals surface area contributed by atoms with Crippen molar-refractivity contribution in [1.29, 1.82) is 0 Å². The molecule has 31 heavy (non-hydrogen) atoms. The van der Waals surface area contributed by atoms with E-state index in [1.807, 2.05) is 17.5 Å². The van der Waals surface area contributed by atoms with Crippen LogP contribution >= 0.6 is 11.3 Å². The van der Waals surface area contributed by atoms with Crippen molar-refractivity contribution < 1.29 is 17.9 Å². The van der Waals surface area contributed by atoms with Crippen LogP contribution in [0.3, 0.4) is 0 Å². The molecule has 0 unspecified atom stereocenters. The first-order valence-electron chi connectivity index (χ1n) is 9.63. The number of morpholine rings is 1.